The van der Waals surface area contributed by atoms with Gasteiger partial charge in [-0.05, 0) is 45.0 Å². The summed E-state index contributed by atoms with van der Waals surface area (Å²) in [6.45, 7) is 4.90. The van der Waals surface area contributed by atoms with Crippen molar-refractivity contribution in [2.75, 3.05) is 20.4 Å². The first kappa shape index (κ1) is 15.3. The van der Waals surface area contributed by atoms with Crippen LogP contribution in [0.3, 0.4) is 0 Å². The molecule has 2 fully saturated rings. The molecule has 3 aliphatic heterocycles. The van der Waals surface area contributed by atoms with Crippen molar-refractivity contribution in [3.8, 4) is 17.6 Å². The van der Waals surface area contributed by atoms with Gasteiger partial charge < -0.3 is 14.4 Å². The Kier molecular flexibility index (Phi) is 3.26. The van der Waals surface area contributed by atoms with Gasteiger partial charge in [0, 0.05) is 12.6 Å². The number of ether oxygens (including phenoxy) is 2. The molecular weight excluding hydrogens is 306 g/mol. The Balaban J connectivity index is 1.79. The zero-order valence-corrected chi connectivity index (χ0v) is 14.2. The average Bonchev–Trinajstić information content (AvgIpc) is 3.14. The summed E-state index contributed by atoms with van der Waals surface area (Å²) >= 11 is 0. The summed E-state index contributed by atoms with van der Waals surface area (Å²) < 4.78 is 10.9. The van der Waals surface area contributed by atoms with Gasteiger partial charge in [-0.2, -0.15) is 5.26 Å². The summed E-state index contributed by atoms with van der Waals surface area (Å²) in [5.74, 6) is 1.49. The number of hydrogen-bond acceptors (Lipinski definition) is 5. The van der Waals surface area contributed by atoms with E-state index in [0.717, 1.165) is 12.1 Å². The maximum absolute atomic E-state index is 13.0. The van der Waals surface area contributed by atoms with Crippen LogP contribution in [0.5, 0.6) is 11.5 Å². The highest BCUT2D eigenvalue weighted by molar-refractivity contribution is 5.84. The van der Waals surface area contributed by atoms with Crippen LogP contribution in [0.4, 0.5) is 0 Å². The molecule has 24 heavy (non-hydrogen) atoms. The maximum atomic E-state index is 13.0. The number of nitrogens with zero attached hydrogens (tertiary/aromatic N) is 3. The highest BCUT2D eigenvalue weighted by Gasteiger charge is 2.55. The van der Waals surface area contributed by atoms with Gasteiger partial charge in [-0.15, -0.1) is 0 Å². The van der Waals surface area contributed by atoms with Crippen LogP contribution < -0.4 is 9.47 Å². The summed E-state index contributed by atoms with van der Waals surface area (Å²) in [7, 11) is 1.97. The highest BCUT2D eigenvalue weighted by Crippen LogP contribution is 2.52. The molecule has 0 spiro atoms. The molecule has 0 bridgehead atoms. The van der Waals surface area contributed by atoms with Gasteiger partial charge in [0.05, 0.1) is 23.6 Å². The minimum atomic E-state index is -0.612. The molecule has 3 heterocycles. The van der Waals surface area contributed by atoms with Gasteiger partial charge in [-0.25, -0.2) is 0 Å². The molecule has 6 nitrogen and oxygen atoms in total. The van der Waals surface area contributed by atoms with Crippen LogP contribution in [0.15, 0.2) is 18.2 Å². The van der Waals surface area contributed by atoms with Crippen molar-refractivity contribution in [2.45, 2.75) is 38.4 Å². The van der Waals surface area contributed by atoms with Gasteiger partial charge in [0.2, 0.25) is 12.7 Å². The van der Waals surface area contributed by atoms with Crippen LogP contribution in [-0.2, 0) is 4.79 Å². The molecule has 0 aromatic heterocycles. The van der Waals surface area contributed by atoms with Crippen molar-refractivity contribution in [3.05, 3.63) is 23.8 Å². The van der Waals surface area contributed by atoms with Crippen LogP contribution >= 0.6 is 0 Å². The zero-order chi connectivity index (χ0) is 17.1. The molecule has 6 heteroatoms. The lowest BCUT2D eigenvalue weighted by molar-refractivity contribution is -0.145. The quantitative estimate of drug-likeness (QED) is 0.788. The van der Waals surface area contributed by atoms with Crippen molar-refractivity contribution >= 4 is 5.91 Å². The van der Waals surface area contributed by atoms with Gasteiger partial charge in [-0.1, -0.05) is 6.07 Å². The average molecular weight is 327 g/mol. The van der Waals surface area contributed by atoms with E-state index >= 15 is 0 Å². The first-order chi connectivity index (χ1) is 11.4. The van der Waals surface area contributed by atoms with E-state index in [9.17, 15) is 10.1 Å². The number of hydrogen-bond donors (Lipinski definition) is 0. The Morgan fingerprint density at radius 2 is 2.08 bits per heavy atom. The van der Waals surface area contributed by atoms with Crippen molar-refractivity contribution in [1.82, 2.24) is 9.80 Å². The predicted molar refractivity (Wildman–Crippen MR) is 86.4 cm³/mol. The predicted octanol–water partition coefficient (Wildman–Crippen LogP) is 1.92. The van der Waals surface area contributed by atoms with E-state index in [0.29, 0.717) is 17.9 Å². The van der Waals surface area contributed by atoms with E-state index in [1.165, 1.54) is 0 Å². The second kappa shape index (κ2) is 5.12. The molecule has 4 rings (SSSR count). The lowest BCUT2D eigenvalue weighted by Crippen LogP contribution is -2.57. The van der Waals surface area contributed by atoms with Gasteiger partial charge >= 0.3 is 0 Å². The van der Waals surface area contributed by atoms with E-state index in [1.807, 2.05) is 44.0 Å². The standard InChI is InChI=1S/C18H21N3O3/c1-11-17(22)21-13(8-20(11)3)7-18(2,9-19)16(21)12-4-5-14-15(6-12)24-10-23-14/h4-6,11,13,16H,7-8,10H2,1-3H3/t11-,13+,16?,18-/m1/s1. The summed E-state index contributed by atoms with van der Waals surface area (Å²) in [6.07, 6.45) is 0.686. The molecule has 1 aromatic rings. The third-order valence-corrected chi connectivity index (χ3v) is 5.67. The van der Waals surface area contributed by atoms with Crippen LogP contribution in [0, 0.1) is 16.7 Å². The van der Waals surface area contributed by atoms with Crippen LogP contribution in [0.25, 0.3) is 0 Å². The monoisotopic (exact) mass is 327 g/mol. The second-order valence-corrected chi connectivity index (χ2v) is 7.26. The number of amides is 1. The molecule has 0 saturated carbocycles. The Morgan fingerprint density at radius 3 is 2.83 bits per heavy atom. The topological polar surface area (TPSA) is 65.8 Å². The molecule has 0 radical (unpaired) electrons. The molecule has 1 aromatic carbocycles. The smallest absolute Gasteiger partial charge is 0.240 e. The summed E-state index contributed by atoms with van der Waals surface area (Å²) in [4.78, 5) is 17.0. The van der Waals surface area contributed by atoms with E-state index in [1.54, 1.807) is 0 Å². The Labute approximate surface area is 141 Å². The number of benzene rings is 1. The zero-order valence-electron chi connectivity index (χ0n) is 14.2. The molecule has 1 unspecified atom stereocenters. The molecular formula is C18H21N3O3. The maximum Gasteiger partial charge on any atom is 0.240 e. The first-order valence-electron chi connectivity index (χ1n) is 8.28. The third-order valence-electron chi connectivity index (χ3n) is 5.67. The fourth-order valence-corrected chi connectivity index (χ4v) is 4.29. The van der Waals surface area contributed by atoms with Gasteiger partial charge in [0.15, 0.2) is 11.5 Å². The lowest BCUT2D eigenvalue weighted by atomic mass is 9.79. The number of nitriles is 1. The summed E-state index contributed by atoms with van der Waals surface area (Å²) in [5.41, 5.74) is 0.328. The number of rotatable bonds is 1. The molecule has 0 N–H and O–H groups in total. The van der Waals surface area contributed by atoms with Crippen molar-refractivity contribution in [3.63, 3.8) is 0 Å². The van der Waals surface area contributed by atoms with Crippen LogP contribution in [-0.4, -0.2) is 48.2 Å². The van der Waals surface area contributed by atoms with E-state index in [2.05, 4.69) is 11.0 Å². The minimum absolute atomic E-state index is 0.0683. The van der Waals surface area contributed by atoms with Gasteiger partial charge in [-0.3, -0.25) is 9.69 Å². The van der Waals surface area contributed by atoms with E-state index in [4.69, 9.17) is 9.47 Å². The summed E-state index contributed by atoms with van der Waals surface area (Å²) in [5, 5.41) is 9.86. The number of likely N-dealkylation sites (N-methyl/N-ethyl adjacent to an activating group) is 1. The molecule has 0 aliphatic carbocycles. The molecule has 2 saturated heterocycles. The van der Waals surface area contributed by atoms with E-state index < -0.39 is 5.41 Å². The largest absolute Gasteiger partial charge is 0.454 e. The lowest BCUT2D eigenvalue weighted by Gasteiger charge is -2.42. The van der Waals surface area contributed by atoms with Crippen LogP contribution in [0.1, 0.15) is 31.9 Å². The van der Waals surface area contributed by atoms with Gasteiger partial charge in [0.1, 0.15) is 0 Å². The Hall–Kier alpha value is -2.26. The number of carbonyl (C=O) groups excluding carboxylic acids is 1. The Morgan fingerprint density at radius 1 is 1.33 bits per heavy atom. The third kappa shape index (κ3) is 2.01. The second-order valence-electron chi connectivity index (χ2n) is 7.26. The summed E-state index contributed by atoms with van der Waals surface area (Å²) in [6, 6.07) is 7.86. The molecule has 4 atom stereocenters. The van der Waals surface area contributed by atoms with E-state index in [-0.39, 0.29) is 30.8 Å². The van der Waals surface area contributed by atoms with Crippen LogP contribution in [0.2, 0.25) is 0 Å². The van der Waals surface area contributed by atoms with Crippen molar-refractivity contribution in [2.24, 2.45) is 5.41 Å². The SMILES string of the molecule is C[C@@H]1C(=O)N2C(c3ccc4c(c3)OCO4)[C@@](C)(C#N)C[C@H]2CN1C. The Bertz CT molecular complexity index is 744. The highest BCUT2D eigenvalue weighted by atomic mass is 16.7. The molecule has 3 aliphatic rings. The first-order valence-corrected chi connectivity index (χ1v) is 8.28. The minimum Gasteiger partial charge on any atom is -0.454 e. The number of fused-ring (bicyclic) bond motifs is 2. The molecule has 126 valence electrons. The van der Waals surface area contributed by atoms with Crippen molar-refractivity contribution in [1.29, 1.82) is 5.26 Å². The van der Waals surface area contributed by atoms with Crippen molar-refractivity contribution < 1.29 is 14.3 Å². The number of carbonyl (C=O) groups is 1. The molecule has 1 amide bonds. The fourth-order valence-electron chi connectivity index (χ4n) is 4.29. The fraction of sp³-hybridized carbons (Fsp3) is 0.556. The van der Waals surface area contributed by atoms with Gasteiger partial charge in [0.25, 0.3) is 0 Å². The normalized spacial score (nSPS) is 35.0. The number of piperazine rings is 1.